The molecule has 7 aromatic carbocycles. The lowest BCUT2D eigenvalue weighted by Crippen LogP contribution is -2.42. The number of hydrogen-bond donors (Lipinski definition) is 1. The summed E-state index contributed by atoms with van der Waals surface area (Å²) in [6.07, 6.45) is 2.54. The van der Waals surface area contributed by atoms with Gasteiger partial charge in [-0.05, 0) is 91.8 Å². The summed E-state index contributed by atoms with van der Waals surface area (Å²) in [4.78, 5) is -0.0923. The summed E-state index contributed by atoms with van der Waals surface area (Å²) in [5.74, 6) is 0. The lowest BCUT2D eigenvalue weighted by Gasteiger charge is -2.43. The van der Waals surface area contributed by atoms with Crippen LogP contribution in [0.25, 0.3) is 0 Å². The molecule has 0 radical (unpaired) electrons. The van der Waals surface area contributed by atoms with Crippen molar-refractivity contribution in [1.29, 1.82) is 0 Å². The molecule has 0 saturated heterocycles. The van der Waals surface area contributed by atoms with Gasteiger partial charge in [0, 0.05) is 5.41 Å². The Balaban J connectivity index is 1.51. The lowest BCUT2D eigenvalue weighted by molar-refractivity contribution is 0.483. The summed E-state index contributed by atoms with van der Waals surface area (Å²) in [6, 6.07) is 72.4. The van der Waals surface area contributed by atoms with Crippen LogP contribution >= 0.6 is 23.8 Å². The SMILES string of the molecule is O=S(=O)(O)c1ccc(C(CP(c2ccccc2)c2ccccc2)(CP(c2ccccc2)c2ccccc2)CP(c2ccccc2)c2ccccc2)cc1. The molecule has 264 valence electrons. The van der Waals surface area contributed by atoms with Crippen LogP contribution in [0.4, 0.5) is 0 Å². The molecule has 0 spiro atoms. The highest BCUT2D eigenvalue weighted by molar-refractivity contribution is 7.85. The molecule has 0 aliphatic rings. The van der Waals surface area contributed by atoms with Crippen molar-refractivity contribution < 1.29 is 13.0 Å². The molecule has 0 aromatic heterocycles. The molecule has 7 heteroatoms. The average molecular weight is 767 g/mol. The van der Waals surface area contributed by atoms with Gasteiger partial charge in [0.1, 0.15) is 0 Å². The summed E-state index contributed by atoms with van der Waals surface area (Å²) in [5, 5.41) is 7.83. The van der Waals surface area contributed by atoms with Gasteiger partial charge in [-0.15, -0.1) is 0 Å². The smallest absolute Gasteiger partial charge is 0.282 e. The average Bonchev–Trinajstić information content (AvgIpc) is 3.22. The van der Waals surface area contributed by atoms with Crippen LogP contribution in [0.3, 0.4) is 0 Å². The van der Waals surface area contributed by atoms with Gasteiger partial charge >= 0.3 is 0 Å². The van der Waals surface area contributed by atoms with E-state index in [1.165, 1.54) is 31.8 Å². The van der Waals surface area contributed by atoms with Crippen LogP contribution < -0.4 is 31.8 Å². The summed E-state index contributed by atoms with van der Waals surface area (Å²) in [6.45, 7) is 0. The molecule has 53 heavy (non-hydrogen) atoms. The van der Waals surface area contributed by atoms with E-state index in [0.717, 1.165) is 24.0 Å². The first-order valence-electron chi connectivity index (χ1n) is 17.6. The molecule has 3 nitrogen and oxygen atoms in total. The zero-order valence-electron chi connectivity index (χ0n) is 29.3. The van der Waals surface area contributed by atoms with Crippen molar-refractivity contribution >= 4 is 65.7 Å². The van der Waals surface area contributed by atoms with E-state index in [4.69, 9.17) is 0 Å². The third-order valence-electron chi connectivity index (χ3n) is 9.55. The molecule has 7 rings (SSSR count). The Labute approximate surface area is 317 Å². The molecule has 0 bridgehead atoms. The van der Waals surface area contributed by atoms with Gasteiger partial charge in [0.15, 0.2) is 0 Å². The van der Waals surface area contributed by atoms with Gasteiger partial charge in [-0.1, -0.05) is 194 Å². The van der Waals surface area contributed by atoms with Crippen molar-refractivity contribution in [3.8, 4) is 0 Å². The van der Waals surface area contributed by atoms with E-state index in [0.29, 0.717) is 0 Å². The fourth-order valence-corrected chi connectivity index (χ4v) is 16.2. The quantitative estimate of drug-likeness (QED) is 0.0892. The Morgan fingerprint density at radius 1 is 0.358 bits per heavy atom. The minimum absolute atomic E-state index is 0.0923. The van der Waals surface area contributed by atoms with E-state index in [1.807, 2.05) is 12.1 Å². The Hall–Kier alpha value is -4.26. The van der Waals surface area contributed by atoms with E-state index in [2.05, 4.69) is 182 Å². The molecule has 0 amide bonds. The number of hydrogen-bond acceptors (Lipinski definition) is 2. The normalized spacial score (nSPS) is 12.0. The maximum absolute atomic E-state index is 12.4. The molecule has 0 aliphatic heterocycles. The van der Waals surface area contributed by atoms with E-state index in [9.17, 15) is 13.0 Å². The van der Waals surface area contributed by atoms with Crippen molar-refractivity contribution in [2.24, 2.45) is 0 Å². The van der Waals surface area contributed by atoms with Crippen LogP contribution in [-0.4, -0.2) is 31.5 Å². The van der Waals surface area contributed by atoms with Gasteiger partial charge in [0.05, 0.1) is 4.90 Å². The fourth-order valence-electron chi connectivity index (χ4n) is 6.95. The molecule has 0 fully saturated rings. The van der Waals surface area contributed by atoms with Crippen LogP contribution in [0.1, 0.15) is 5.56 Å². The third-order valence-corrected chi connectivity index (χ3v) is 18.7. The van der Waals surface area contributed by atoms with Crippen LogP contribution in [-0.2, 0) is 15.5 Å². The zero-order valence-corrected chi connectivity index (χ0v) is 32.8. The summed E-state index contributed by atoms with van der Waals surface area (Å²) < 4.78 is 34.9. The predicted octanol–water partition coefficient (Wildman–Crippen LogP) is 8.57. The van der Waals surface area contributed by atoms with E-state index in [-0.39, 0.29) is 4.90 Å². The molecule has 0 heterocycles. The molecule has 0 unspecified atom stereocenters. The Morgan fingerprint density at radius 2 is 0.585 bits per heavy atom. The number of benzene rings is 7. The zero-order chi connectivity index (χ0) is 36.5. The van der Waals surface area contributed by atoms with Crippen molar-refractivity contribution in [3.63, 3.8) is 0 Å². The van der Waals surface area contributed by atoms with Gasteiger partial charge in [-0.2, -0.15) is 8.42 Å². The van der Waals surface area contributed by atoms with Gasteiger partial charge in [0.2, 0.25) is 0 Å². The van der Waals surface area contributed by atoms with Crippen LogP contribution in [0.15, 0.2) is 211 Å². The second-order valence-electron chi connectivity index (χ2n) is 13.1. The van der Waals surface area contributed by atoms with Crippen LogP contribution in [0.5, 0.6) is 0 Å². The Kier molecular flexibility index (Phi) is 12.1. The molecular formula is C46H41O3P3S. The second-order valence-corrected chi connectivity index (χ2v) is 21.1. The van der Waals surface area contributed by atoms with Crippen LogP contribution in [0.2, 0.25) is 0 Å². The molecule has 0 aliphatic carbocycles. The maximum Gasteiger partial charge on any atom is 0.294 e. The van der Waals surface area contributed by atoms with E-state index >= 15 is 0 Å². The van der Waals surface area contributed by atoms with Crippen LogP contribution in [0, 0.1) is 0 Å². The number of rotatable bonds is 14. The van der Waals surface area contributed by atoms with Crippen molar-refractivity contribution in [1.82, 2.24) is 0 Å². The maximum atomic E-state index is 12.4. The predicted molar refractivity (Wildman–Crippen MR) is 230 cm³/mol. The van der Waals surface area contributed by atoms with Gasteiger partial charge in [0.25, 0.3) is 10.1 Å². The van der Waals surface area contributed by atoms with Crippen molar-refractivity contribution in [2.45, 2.75) is 10.3 Å². The first kappa shape index (κ1) is 37.1. The monoisotopic (exact) mass is 766 g/mol. The molecule has 0 saturated carbocycles. The Bertz CT molecular complexity index is 1950. The van der Waals surface area contributed by atoms with E-state index in [1.54, 1.807) is 12.1 Å². The highest BCUT2D eigenvalue weighted by Crippen LogP contribution is 2.53. The Morgan fingerprint density at radius 3 is 0.792 bits per heavy atom. The molecule has 1 N–H and O–H groups in total. The highest BCUT2D eigenvalue weighted by Gasteiger charge is 2.41. The standard InChI is InChI=1S/C46H41O3P3S/c47-53(48,49)45-33-31-38(32-34-45)46(35-50(39-19-7-1-8-20-39)40-21-9-2-10-22-40,36-51(41-23-11-3-12-24-41)42-25-13-4-14-26-42)37-52(43-27-15-5-16-28-43)44-29-17-6-18-30-44/h1-34H,35-37H2,(H,47,48,49). The van der Waals surface area contributed by atoms with Crippen molar-refractivity contribution in [2.75, 3.05) is 18.5 Å². The summed E-state index contributed by atoms with van der Waals surface area (Å²) >= 11 is 0. The largest absolute Gasteiger partial charge is 0.294 e. The molecular weight excluding hydrogens is 725 g/mol. The van der Waals surface area contributed by atoms with Crippen molar-refractivity contribution in [3.05, 3.63) is 212 Å². The summed E-state index contributed by atoms with van der Waals surface area (Å²) in [5.41, 5.74) is 0.646. The second kappa shape index (κ2) is 17.3. The fraction of sp³-hybridized carbons (Fsp3) is 0.0870. The highest BCUT2D eigenvalue weighted by atomic mass is 32.2. The third kappa shape index (κ3) is 9.10. The molecule has 0 atom stereocenters. The van der Waals surface area contributed by atoms with Gasteiger partial charge < -0.3 is 0 Å². The first-order valence-corrected chi connectivity index (χ1v) is 23.6. The molecule has 7 aromatic rings. The summed E-state index contributed by atoms with van der Waals surface area (Å²) in [7, 11) is -7.01. The van der Waals surface area contributed by atoms with E-state index < -0.39 is 39.3 Å². The first-order chi connectivity index (χ1) is 25.9. The minimum atomic E-state index is -4.38. The van der Waals surface area contributed by atoms with Gasteiger partial charge in [-0.25, -0.2) is 0 Å². The van der Waals surface area contributed by atoms with Gasteiger partial charge in [-0.3, -0.25) is 4.55 Å². The topological polar surface area (TPSA) is 54.4 Å². The lowest BCUT2D eigenvalue weighted by atomic mass is 9.86. The minimum Gasteiger partial charge on any atom is -0.282 e.